The number of benzene rings is 1. The lowest BCUT2D eigenvalue weighted by Crippen LogP contribution is -2.36. The van der Waals surface area contributed by atoms with E-state index in [1.54, 1.807) is 18.0 Å². The Balaban J connectivity index is 2.60. The molecule has 0 radical (unpaired) electrons. The Morgan fingerprint density at radius 3 is 2.67 bits per heavy atom. The molecule has 0 heterocycles. The summed E-state index contributed by atoms with van der Waals surface area (Å²) in [6, 6.07) is 4.26. The molecule has 1 rings (SSSR count). The van der Waals surface area contributed by atoms with E-state index in [-0.39, 0.29) is 30.0 Å². The molecule has 1 aromatic carbocycles. The molecule has 5 heteroatoms. The van der Waals surface area contributed by atoms with E-state index in [0.29, 0.717) is 12.1 Å². The van der Waals surface area contributed by atoms with E-state index < -0.39 is 0 Å². The second kappa shape index (κ2) is 6.26. The molecule has 1 amide bonds. The quantitative estimate of drug-likeness (QED) is 0.737. The summed E-state index contributed by atoms with van der Waals surface area (Å²) in [5.41, 5.74) is 0.653. The van der Waals surface area contributed by atoms with Crippen molar-refractivity contribution in [2.45, 2.75) is 19.9 Å². The van der Waals surface area contributed by atoms with Crippen molar-refractivity contribution in [3.63, 3.8) is 0 Å². The van der Waals surface area contributed by atoms with Crippen LogP contribution in [0.4, 0.5) is 0 Å². The normalized spacial score (nSPS) is 12.2. The first-order valence-electron chi connectivity index (χ1n) is 5.95. The third-order valence-electron chi connectivity index (χ3n) is 2.94. The molecule has 1 atom stereocenters. The highest BCUT2D eigenvalue weighted by Crippen LogP contribution is 2.27. The summed E-state index contributed by atoms with van der Waals surface area (Å²) in [7, 11) is 1.74. The first-order chi connectivity index (χ1) is 8.45. The molecule has 5 nitrogen and oxygen atoms in total. The lowest BCUT2D eigenvalue weighted by Gasteiger charge is -2.19. The van der Waals surface area contributed by atoms with Crippen LogP contribution in [-0.2, 0) is 4.79 Å². The second-order valence-corrected chi connectivity index (χ2v) is 4.25. The van der Waals surface area contributed by atoms with Crippen LogP contribution in [0.2, 0.25) is 0 Å². The average molecular weight is 252 g/mol. The molecule has 0 spiro atoms. The number of phenols is 2. The molecule has 100 valence electrons. The molecule has 1 aromatic rings. The van der Waals surface area contributed by atoms with Crippen LogP contribution in [0, 0.1) is 0 Å². The van der Waals surface area contributed by atoms with Crippen LogP contribution in [0.5, 0.6) is 11.5 Å². The summed E-state index contributed by atoms with van der Waals surface area (Å²) in [4.78, 5) is 13.2. The standard InChI is InChI=1S/C13H20N2O3/c1-4-15(3)13(18)8-14-9(2)11-6-5-10(16)7-12(11)17/h5-7,9,14,16-17H,4,8H2,1-3H3. The lowest BCUT2D eigenvalue weighted by atomic mass is 10.1. The Labute approximate surface area is 107 Å². The van der Waals surface area contributed by atoms with Gasteiger partial charge < -0.3 is 20.4 Å². The molecule has 0 fully saturated rings. The maximum atomic E-state index is 11.6. The van der Waals surface area contributed by atoms with Gasteiger partial charge in [0.25, 0.3) is 0 Å². The number of amides is 1. The van der Waals surface area contributed by atoms with Gasteiger partial charge in [0.15, 0.2) is 0 Å². The Bertz CT molecular complexity index is 421. The fourth-order valence-corrected chi connectivity index (χ4v) is 1.56. The van der Waals surface area contributed by atoms with Crippen LogP contribution in [0.1, 0.15) is 25.5 Å². The van der Waals surface area contributed by atoms with Gasteiger partial charge in [-0.2, -0.15) is 0 Å². The Morgan fingerprint density at radius 1 is 1.44 bits per heavy atom. The number of nitrogens with one attached hydrogen (secondary N) is 1. The molecule has 18 heavy (non-hydrogen) atoms. The zero-order valence-electron chi connectivity index (χ0n) is 11.0. The van der Waals surface area contributed by atoms with Gasteiger partial charge >= 0.3 is 0 Å². The molecular weight excluding hydrogens is 232 g/mol. The maximum Gasteiger partial charge on any atom is 0.236 e. The fraction of sp³-hybridized carbons (Fsp3) is 0.462. The maximum absolute atomic E-state index is 11.6. The van der Waals surface area contributed by atoms with Crippen LogP contribution >= 0.6 is 0 Å². The van der Waals surface area contributed by atoms with E-state index in [0.717, 1.165) is 0 Å². The van der Waals surface area contributed by atoms with Gasteiger partial charge in [0.2, 0.25) is 5.91 Å². The number of carbonyl (C=O) groups excluding carboxylic acids is 1. The predicted octanol–water partition coefficient (Wildman–Crippen LogP) is 1.23. The van der Waals surface area contributed by atoms with E-state index >= 15 is 0 Å². The number of carbonyl (C=O) groups is 1. The van der Waals surface area contributed by atoms with Crippen LogP contribution in [0.25, 0.3) is 0 Å². The highest BCUT2D eigenvalue weighted by Gasteiger charge is 2.13. The number of phenolic OH excluding ortho intramolecular Hbond substituents is 2. The summed E-state index contributed by atoms with van der Waals surface area (Å²) in [6.07, 6.45) is 0. The van der Waals surface area contributed by atoms with Crippen molar-refractivity contribution >= 4 is 5.91 Å². The molecule has 1 unspecified atom stereocenters. The first-order valence-corrected chi connectivity index (χ1v) is 5.95. The summed E-state index contributed by atoms with van der Waals surface area (Å²) in [5, 5.41) is 21.9. The monoisotopic (exact) mass is 252 g/mol. The van der Waals surface area contributed by atoms with Crippen molar-refractivity contribution < 1.29 is 15.0 Å². The van der Waals surface area contributed by atoms with E-state index in [9.17, 15) is 15.0 Å². The number of rotatable bonds is 5. The van der Waals surface area contributed by atoms with E-state index in [4.69, 9.17) is 0 Å². The summed E-state index contributed by atoms with van der Waals surface area (Å²) in [5.74, 6) is 0.0409. The molecule has 0 saturated carbocycles. The second-order valence-electron chi connectivity index (χ2n) is 4.25. The average Bonchev–Trinajstić information content (AvgIpc) is 2.34. The Hall–Kier alpha value is -1.75. The topological polar surface area (TPSA) is 72.8 Å². The minimum absolute atomic E-state index is 0.00242. The predicted molar refractivity (Wildman–Crippen MR) is 69.5 cm³/mol. The van der Waals surface area contributed by atoms with Gasteiger partial charge in [0.1, 0.15) is 11.5 Å². The third kappa shape index (κ3) is 3.63. The summed E-state index contributed by atoms with van der Waals surface area (Å²) in [6.45, 7) is 4.64. The van der Waals surface area contributed by atoms with Crippen molar-refractivity contribution in [1.29, 1.82) is 0 Å². The summed E-state index contributed by atoms with van der Waals surface area (Å²) < 4.78 is 0. The van der Waals surface area contributed by atoms with E-state index in [1.807, 2.05) is 13.8 Å². The van der Waals surface area contributed by atoms with Gasteiger partial charge in [0, 0.05) is 31.3 Å². The zero-order valence-corrected chi connectivity index (χ0v) is 11.0. The Kier molecular flexibility index (Phi) is 4.97. The highest BCUT2D eigenvalue weighted by atomic mass is 16.3. The molecule has 0 aliphatic rings. The van der Waals surface area contributed by atoms with Gasteiger partial charge in [-0.15, -0.1) is 0 Å². The number of nitrogens with zero attached hydrogens (tertiary/aromatic N) is 1. The van der Waals surface area contributed by atoms with Gasteiger partial charge in [0.05, 0.1) is 6.54 Å². The minimum atomic E-state index is -0.167. The number of aromatic hydroxyl groups is 2. The molecular formula is C13H20N2O3. The van der Waals surface area contributed by atoms with E-state index in [2.05, 4.69) is 5.32 Å². The van der Waals surface area contributed by atoms with Crippen molar-refractivity contribution in [2.24, 2.45) is 0 Å². The highest BCUT2D eigenvalue weighted by molar-refractivity contribution is 5.77. The van der Waals surface area contributed by atoms with Crippen molar-refractivity contribution in [1.82, 2.24) is 10.2 Å². The molecule has 0 aliphatic carbocycles. The van der Waals surface area contributed by atoms with Gasteiger partial charge in [-0.25, -0.2) is 0 Å². The summed E-state index contributed by atoms with van der Waals surface area (Å²) >= 11 is 0. The molecule has 3 N–H and O–H groups in total. The van der Waals surface area contributed by atoms with Crippen LogP contribution < -0.4 is 5.32 Å². The van der Waals surface area contributed by atoms with Crippen LogP contribution in [-0.4, -0.2) is 41.2 Å². The van der Waals surface area contributed by atoms with Gasteiger partial charge in [-0.1, -0.05) is 6.07 Å². The molecule has 0 aliphatic heterocycles. The molecule has 0 saturated heterocycles. The number of hydrogen-bond donors (Lipinski definition) is 3. The van der Waals surface area contributed by atoms with Gasteiger partial charge in [-0.05, 0) is 19.9 Å². The molecule has 0 bridgehead atoms. The largest absolute Gasteiger partial charge is 0.508 e. The zero-order chi connectivity index (χ0) is 13.7. The fourth-order valence-electron chi connectivity index (χ4n) is 1.56. The van der Waals surface area contributed by atoms with Crippen LogP contribution in [0.3, 0.4) is 0 Å². The number of hydrogen-bond acceptors (Lipinski definition) is 4. The molecule has 0 aromatic heterocycles. The van der Waals surface area contributed by atoms with E-state index in [1.165, 1.54) is 12.1 Å². The van der Waals surface area contributed by atoms with Crippen molar-refractivity contribution in [2.75, 3.05) is 20.1 Å². The van der Waals surface area contributed by atoms with Crippen molar-refractivity contribution in [3.8, 4) is 11.5 Å². The van der Waals surface area contributed by atoms with Crippen LogP contribution in [0.15, 0.2) is 18.2 Å². The minimum Gasteiger partial charge on any atom is -0.508 e. The lowest BCUT2D eigenvalue weighted by molar-refractivity contribution is -0.128. The first kappa shape index (κ1) is 14.3. The van der Waals surface area contributed by atoms with Gasteiger partial charge in [-0.3, -0.25) is 4.79 Å². The number of likely N-dealkylation sites (N-methyl/N-ethyl adjacent to an activating group) is 1. The smallest absolute Gasteiger partial charge is 0.236 e. The SMILES string of the molecule is CCN(C)C(=O)CNC(C)c1ccc(O)cc1O. The van der Waals surface area contributed by atoms with Crippen molar-refractivity contribution in [3.05, 3.63) is 23.8 Å². The Morgan fingerprint density at radius 2 is 2.11 bits per heavy atom. The third-order valence-corrected chi connectivity index (χ3v) is 2.94.